The third-order valence-corrected chi connectivity index (χ3v) is 6.48. The van der Waals surface area contributed by atoms with Crippen LogP contribution in [0.5, 0.6) is 5.75 Å². The van der Waals surface area contributed by atoms with Crippen LogP contribution in [0.2, 0.25) is 0 Å². The fourth-order valence-corrected chi connectivity index (χ4v) is 5.17. The molecule has 0 heterocycles. The van der Waals surface area contributed by atoms with E-state index in [9.17, 15) is 13.2 Å². The first-order valence-corrected chi connectivity index (χ1v) is 10.6. The number of benzene rings is 2. The van der Waals surface area contributed by atoms with E-state index in [2.05, 4.69) is 4.72 Å². The number of aryl methyl sites for hydroxylation is 1. The van der Waals surface area contributed by atoms with E-state index in [-0.39, 0.29) is 10.8 Å². The van der Waals surface area contributed by atoms with Gasteiger partial charge in [-0.25, -0.2) is 13.1 Å². The van der Waals surface area contributed by atoms with E-state index in [0.29, 0.717) is 18.4 Å². The number of carbonyl (C=O) groups is 1. The third-order valence-electron chi connectivity index (χ3n) is 5.08. The minimum atomic E-state index is -3.94. The molecule has 0 saturated heterocycles. The molecule has 1 aliphatic rings. The molecular formula is C21H25NO4S. The monoisotopic (exact) mass is 387 g/mol. The molecule has 27 heavy (non-hydrogen) atoms. The predicted octanol–water partition coefficient (Wildman–Crippen LogP) is 3.66. The van der Waals surface area contributed by atoms with Crippen LogP contribution in [0, 0.1) is 6.92 Å². The molecule has 0 aliphatic heterocycles. The van der Waals surface area contributed by atoms with Crippen molar-refractivity contribution in [3.63, 3.8) is 0 Å². The summed E-state index contributed by atoms with van der Waals surface area (Å²) in [5.74, 6) is -0.203. The molecule has 1 unspecified atom stereocenters. The highest BCUT2D eigenvalue weighted by molar-refractivity contribution is 7.90. The Morgan fingerprint density at radius 2 is 1.96 bits per heavy atom. The van der Waals surface area contributed by atoms with Crippen molar-refractivity contribution < 1.29 is 17.9 Å². The van der Waals surface area contributed by atoms with Crippen LogP contribution in [0.25, 0.3) is 0 Å². The number of hydrogen-bond donors (Lipinski definition) is 1. The van der Waals surface area contributed by atoms with E-state index in [1.54, 1.807) is 13.2 Å². The second kappa shape index (κ2) is 7.35. The van der Waals surface area contributed by atoms with Crippen molar-refractivity contribution in [3.05, 3.63) is 58.7 Å². The Bertz CT molecular complexity index is 980. The van der Waals surface area contributed by atoms with Gasteiger partial charge in [-0.05, 0) is 60.1 Å². The van der Waals surface area contributed by atoms with Crippen LogP contribution < -0.4 is 9.46 Å². The van der Waals surface area contributed by atoms with Crippen LogP contribution in [0.15, 0.2) is 41.3 Å². The van der Waals surface area contributed by atoms with Crippen LogP contribution in [0.4, 0.5) is 0 Å². The van der Waals surface area contributed by atoms with Gasteiger partial charge in [0.25, 0.3) is 10.0 Å². The predicted molar refractivity (Wildman–Crippen MR) is 105 cm³/mol. The first-order valence-electron chi connectivity index (χ1n) is 9.07. The molecule has 2 aromatic carbocycles. The van der Waals surface area contributed by atoms with Crippen molar-refractivity contribution in [2.75, 3.05) is 7.11 Å². The second-order valence-electron chi connectivity index (χ2n) is 7.29. The summed E-state index contributed by atoms with van der Waals surface area (Å²) in [6.45, 7) is 5.71. The number of sulfonamides is 1. The van der Waals surface area contributed by atoms with E-state index >= 15 is 0 Å². The van der Waals surface area contributed by atoms with Gasteiger partial charge < -0.3 is 4.74 Å². The van der Waals surface area contributed by atoms with Crippen molar-refractivity contribution in [2.45, 2.75) is 50.3 Å². The van der Waals surface area contributed by atoms with Crippen LogP contribution >= 0.6 is 0 Å². The zero-order valence-electron chi connectivity index (χ0n) is 16.1. The third kappa shape index (κ3) is 3.72. The Morgan fingerprint density at radius 3 is 2.63 bits per heavy atom. The summed E-state index contributed by atoms with van der Waals surface area (Å²) in [6, 6.07) is 10.9. The fourth-order valence-electron chi connectivity index (χ4n) is 3.69. The fraction of sp³-hybridized carbons (Fsp3) is 0.381. The van der Waals surface area contributed by atoms with Gasteiger partial charge in [-0.15, -0.1) is 0 Å². The topological polar surface area (TPSA) is 72.5 Å². The van der Waals surface area contributed by atoms with E-state index in [1.807, 2.05) is 51.1 Å². The summed E-state index contributed by atoms with van der Waals surface area (Å²) in [6.07, 6.45) is 1.26. The maximum absolute atomic E-state index is 13.0. The van der Waals surface area contributed by atoms with E-state index < -0.39 is 21.8 Å². The van der Waals surface area contributed by atoms with Gasteiger partial charge >= 0.3 is 0 Å². The largest absolute Gasteiger partial charge is 0.496 e. The van der Waals surface area contributed by atoms with E-state index in [0.717, 1.165) is 22.4 Å². The molecule has 1 aliphatic carbocycles. The molecule has 0 aromatic heterocycles. The molecule has 1 atom stereocenters. The number of nitrogens with one attached hydrogen (secondary N) is 1. The molecule has 0 fully saturated rings. The Morgan fingerprint density at radius 1 is 1.22 bits per heavy atom. The first kappa shape index (κ1) is 19.4. The van der Waals surface area contributed by atoms with Crippen LogP contribution in [-0.4, -0.2) is 21.4 Å². The summed E-state index contributed by atoms with van der Waals surface area (Å²) in [5.41, 5.74) is 3.36. The van der Waals surface area contributed by atoms with Crippen LogP contribution in [0.1, 0.15) is 54.4 Å². The summed E-state index contributed by atoms with van der Waals surface area (Å²) in [7, 11) is -2.35. The highest BCUT2D eigenvalue weighted by atomic mass is 32.2. The molecule has 1 N–H and O–H groups in total. The number of methoxy groups -OCH3 is 1. The first-order chi connectivity index (χ1) is 12.7. The number of carbonyl (C=O) groups excluding carboxylic acids is 1. The lowest BCUT2D eigenvalue weighted by molar-refractivity contribution is -0.120. The van der Waals surface area contributed by atoms with Gasteiger partial charge in [0.2, 0.25) is 5.91 Å². The van der Waals surface area contributed by atoms with Crippen molar-refractivity contribution in [1.82, 2.24) is 4.72 Å². The molecule has 3 rings (SSSR count). The molecule has 0 spiro atoms. The minimum absolute atomic E-state index is 0.0312. The smallest absolute Gasteiger partial charge is 0.264 e. The zero-order valence-corrected chi connectivity index (χ0v) is 16.9. The van der Waals surface area contributed by atoms with Crippen molar-refractivity contribution in [3.8, 4) is 5.75 Å². The lowest BCUT2D eigenvalue weighted by atomic mass is 10.0. The Hall–Kier alpha value is -2.34. The minimum Gasteiger partial charge on any atom is -0.496 e. The quantitative estimate of drug-likeness (QED) is 0.850. The average molecular weight is 388 g/mol. The van der Waals surface area contributed by atoms with E-state index in [4.69, 9.17) is 4.74 Å². The SMILES string of the molecule is COc1cccc2c1CCC2C(=O)NS(=O)(=O)c1cc(C)ccc1C(C)C. The highest BCUT2D eigenvalue weighted by Gasteiger charge is 2.33. The number of rotatable bonds is 5. The molecule has 6 heteroatoms. The average Bonchev–Trinajstić information content (AvgIpc) is 3.05. The second-order valence-corrected chi connectivity index (χ2v) is 8.94. The molecular weight excluding hydrogens is 362 g/mol. The van der Waals surface area contributed by atoms with Gasteiger partial charge in [0.15, 0.2) is 0 Å². The summed E-state index contributed by atoms with van der Waals surface area (Å²) < 4.78 is 33.6. The van der Waals surface area contributed by atoms with Crippen molar-refractivity contribution in [1.29, 1.82) is 0 Å². The number of amides is 1. The maximum Gasteiger partial charge on any atom is 0.264 e. The zero-order chi connectivity index (χ0) is 19.8. The molecule has 2 aromatic rings. The van der Waals surface area contributed by atoms with Gasteiger partial charge in [0.05, 0.1) is 17.9 Å². The molecule has 5 nitrogen and oxygen atoms in total. The molecule has 0 bridgehead atoms. The van der Waals surface area contributed by atoms with Crippen LogP contribution in [-0.2, 0) is 21.2 Å². The number of hydrogen-bond acceptors (Lipinski definition) is 4. The summed E-state index contributed by atoms with van der Waals surface area (Å²) in [4.78, 5) is 13.0. The Labute approximate surface area is 160 Å². The highest BCUT2D eigenvalue weighted by Crippen LogP contribution is 2.38. The van der Waals surface area contributed by atoms with Gasteiger partial charge in [-0.2, -0.15) is 0 Å². The lowest BCUT2D eigenvalue weighted by Gasteiger charge is -2.17. The van der Waals surface area contributed by atoms with Gasteiger partial charge in [-0.3, -0.25) is 4.79 Å². The van der Waals surface area contributed by atoms with Gasteiger partial charge in [0, 0.05) is 0 Å². The van der Waals surface area contributed by atoms with Gasteiger partial charge in [-0.1, -0.05) is 38.1 Å². The number of fused-ring (bicyclic) bond motifs is 1. The Balaban J connectivity index is 1.91. The lowest BCUT2D eigenvalue weighted by Crippen LogP contribution is -2.34. The van der Waals surface area contributed by atoms with Gasteiger partial charge in [0.1, 0.15) is 5.75 Å². The standard InChI is InChI=1S/C21H25NO4S/c1-13(2)15-9-8-14(3)12-20(15)27(24,25)22-21(23)18-11-10-17-16(18)6-5-7-19(17)26-4/h5-9,12-13,18H,10-11H2,1-4H3,(H,22,23). The summed E-state index contributed by atoms with van der Waals surface area (Å²) >= 11 is 0. The normalized spacial score (nSPS) is 16.3. The Kier molecular flexibility index (Phi) is 5.29. The molecule has 0 saturated carbocycles. The maximum atomic E-state index is 13.0. The molecule has 1 amide bonds. The van der Waals surface area contributed by atoms with Crippen LogP contribution in [0.3, 0.4) is 0 Å². The van der Waals surface area contributed by atoms with E-state index in [1.165, 1.54) is 0 Å². The summed E-state index contributed by atoms with van der Waals surface area (Å²) in [5, 5.41) is 0. The number of ether oxygens (including phenoxy) is 1. The van der Waals surface area contributed by atoms with Crippen molar-refractivity contribution >= 4 is 15.9 Å². The molecule has 0 radical (unpaired) electrons. The molecule has 144 valence electrons. The van der Waals surface area contributed by atoms with Crippen molar-refractivity contribution in [2.24, 2.45) is 0 Å².